The van der Waals surface area contributed by atoms with Gasteiger partial charge in [-0.3, -0.25) is 4.79 Å². The fourth-order valence-electron chi connectivity index (χ4n) is 2.69. The molecule has 3 heteroatoms. The predicted molar refractivity (Wildman–Crippen MR) is 75.9 cm³/mol. The Morgan fingerprint density at radius 1 is 1.42 bits per heavy atom. The lowest BCUT2D eigenvalue weighted by Gasteiger charge is -2.30. The Hall–Kier alpha value is -1.35. The average Bonchev–Trinajstić information content (AvgIpc) is 2.44. The SMILES string of the molecule is COC(=O)C(C)(C)CNC1CCCc2ccccc21. The molecule has 1 aliphatic rings. The lowest BCUT2D eigenvalue weighted by molar-refractivity contribution is -0.150. The van der Waals surface area contributed by atoms with Gasteiger partial charge in [-0.05, 0) is 44.2 Å². The molecule has 0 aromatic heterocycles. The largest absolute Gasteiger partial charge is 0.469 e. The van der Waals surface area contributed by atoms with E-state index in [1.807, 2.05) is 13.8 Å². The van der Waals surface area contributed by atoms with Crippen LogP contribution in [0.3, 0.4) is 0 Å². The van der Waals surface area contributed by atoms with Crippen molar-refractivity contribution in [2.24, 2.45) is 5.41 Å². The fourth-order valence-corrected chi connectivity index (χ4v) is 2.69. The van der Waals surface area contributed by atoms with Crippen LogP contribution >= 0.6 is 0 Å². The molecule has 0 aliphatic heterocycles. The highest BCUT2D eigenvalue weighted by atomic mass is 16.5. The normalized spacial score (nSPS) is 18.8. The number of nitrogens with one attached hydrogen (secondary N) is 1. The van der Waals surface area contributed by atoms with Crippen molar-refractivity contribution in [1.29, 1.82) is 0 Å². The summed E-state index contributed by atoms with van der Waals surface area (Å²) in [4.78, 5) is 11.7. The van der Waals surface area contributed by atoms with E-state index >= 15 is 0 Å². The molecule has 1 N–H and O–H groups in total. The Bertz CT molecular complexity index is 454. The highest BCUT2D eigenvalue weighted by molar-refractivity contribution is 5.76. The number of hydrogen-bond acceptors (Lipinski definition) is 3. The molecule has 0 saturated heterocycles. The Morgan fingerprint density at radius 2 is 2.16 bits per heavy atom. The first kappa shape index (κ1) is 14.1. The van der Waals surface area contributed by atoms with Gasteiger partial charge in [0.2, 0.25) is 0 Å². The van der Waals surface area contributed by atoms with E-state index in [1.54, 1.807) is 0 Å². The Kier molecular flexibility index (Phi) is 4.25. The van der Waals surface area contributed by atoms with E-state index in [9.17, 15) is 4.79 Å². The van der Waals surface area contributed by atoms with Crippen LogP contribution in [0.2, 0.25) is 0 Å². The van der Waals surface area contributed by atoms with Crippen molar-refractivity contribution >= 4 is 5.97 Å². The minimum absolute atomic E-state index is 0.163. The molecule has 1 unspecified atom stereocenters. The van der Waals surface area contributed by atoms with Gasteiger partial charge in [0.25, 0.3) is 0 Å². The molecule has 1 aromatic carbocycles. The van der Waals surface area contributed by atoms with Gasteiger partial charge < -0.3 is 10.1 Å². The zero-order valence-corrected chi connectivity index (χ0v) is 12.0. The minimum atomic E-state index is -0.485. The van der Waals surface area contributed by atoms with Crippen molar-refractivity contribution in [3.05, 3.63) is 35.4 Å². The number of ether oxygens (including phenoxy) is 1. The molecule has 0 heterocycles. The summed E-state index contributed by atoms with van der Waals surface area (Å²) in [5, 5.41) is 3.53. The van der Waals surface area contributed by atoms with E-state index in [-0.39, 0.29) is 5.97 Å². The molecule has 0 radical (unpaired) electrons. The topological polar surface area (TPSA) is 38.3 Å². The number of methoxy groups -OCH3 is 1. The Labute approximate surface area is 115 Å². The highest BCUT2D eigenvalue weighted by Gasteiger charge is 2.30. The summed E-state index contributed by atoms with van der Waals surface area (Å²) in [6.07, 6.45) is 3.50. The molecule has 1 atom stereocenters. The quantitative estimate of drug-likeness (QED) is 0.847. The number of hydrogen-bond donors (Lipinski definition) is 1. The zero-order chi connectivity index (χ0) is 13.9. The molecule has 19 heavy (non-hydrogen) atoms. The molecule has 0 bridgehead atoms. The first-order valence-electron chi connectivity index (χ1n) is 6.94. The molecule has 2 rings (SSSR count). The smallest absolute Gasteiger partial charge is 0.312 e. The van der Waals surface area contributed by atoms with Gasteiger partial charge >= 0.3 is 5.97 Å². The van der Waals surface area contributed by atoms with Gasteiger partial charge in [0, 0.05) is 12.6 Å². The second-order valence-electron chi connectivity index (χ2n) is 5.90. The van der Waals surface area contributed by atoms with Gasteiger partial charge in [-0.25, -0.2) is 0 Å². The number of fused-ring (bicyclic) bond motifs is 1. The average molecular weight is 261 g/mol. The maximum atomic E-state index is 11.7. The number of benzene rings is 1. The molecule has 104 valence electrons. The van der Waals surface area contributed by atoms with Crippen LogP contribution in [0.4, 0.5) is 0 Å². The van der Waals surface area contributed by atoms with Crippen molar-refractivity contribution in [2.75, 3.05) is 13.7 Å². The van der Waals surface area contributed by atoms with E-state index in [0.717, 1.165) is 12.8 Å². The van der Waals surface area contributed by atoms with E-state index in [1.165, 1.54) is 24.7 Å². The van der Waals surface area contributed by atoms with Gasteiger partial charge in [-0.1, -0.05) is 24.3 Å². The van der Waals surface area contributed by atoms with Crippen LogP contribution in [-0.4, -0.2) is 19.6 Å². The van der Waals surface area contributed by atoms with E-state index in [4.69, 9.17) is 4.74 Å². The lowest BCUT2D eigenvalue weighted by Crippen LogP contribution is -2.39. The van der Waals surface area contributed by atoms with E-state index in [2.05, 4.69) is 29.6 Å². The van der Waals surface area contributed by atoms with Crippen molar-refractivity contribution in [2.45, 2.75) is 39.2 Å². The Morgan fingerprint density at radius 3 is 2.89 bits per heavy atom. The van der Waals surface area contributed by atoms with Crippen LogP contribution in [0, 0.1) is 5.41 Å². The molecule has 1 aromatic rings. The molecule has 0 amide bonds. The van der Waals surface area contributed by atoms with E-state index in [0.29, 0.717) is 12.6 Å². The van der Waals surface area contributed by atoms with Gasteiger partial charge in [-0.15, -0.1) is 0 Å². The van der Waals surface area contributed by atoms with Crippen LogP contribution in [-0.2, 0) is 16.0 Å². The van der Waals surface area contributed by atoms with Crippen LogP contribution in [0.1, 0.15) is 43.9 Å². The standard InChI is InChI=1S/C16H23NO2/c1-16(2,15(18)19-3)11-17-14-10-6-8-12-7-4-5-9-13(12)14/h4-5,7,9,14,17H,6,8,10-11H2,1-3H3. The molecule has 0 fully saturated rings. The number of carbonyl (C=O) groups excluding carboxylic acids is 1. The number of carbonyl (C=O) groups is 1. The maximum Gasteiger partial charge on any atom is 0.312 e. The van der Waals surface area contributed by atoms with Crippen LogP contribution in [0.5, 0.6) is 0 Å². The third kappa shape index (κ3) is 3.16. The molecular weight excluding hydrogens is 238 g/mol. The number of rotatable bonds is 4. The highest BCUT2D eigenvalue weighted by Crippen LogP contribution is 2.30. The van der Waals surface area contributed by atoms with Gasteiger partial charge in [0.15, 0.2) is 0 Å². The van der Waals surface area contributed by atoms with Crippen LogP contribution in [0.25, 0.3) is 0 Å². The number of aryl methyl sites for hydroxylation is 1. The third-order valence-electron chi connectivity index (χ3n) is 3.90. The Balaban J connectivity index is 2.04. The van der Waals surface area contributed by atoms with Crippen molar-refractivity contribution in [3.8, 4) is 0 Å². The molecule has 1 aliphatic carbocycles. The first-order chi connectivity index (χ1) is 9.04. The van der Waals surface area contributed by atoms with Gasteiger partial charge in [-0.2, -0.15) is 0 Å². The zero-order valence-electron chi connectivity index (χ0n) is 12.0. The van der Waals surface area contributed by atoms with Crippen molar-refractivity contribution in [3.63, 3.8) is 0 Å². The molecule has 3 nitrogen and oxygen atoms in total. The first-order valence-corrected chi connectivity index (χ1v) is 6.94. The second kappa shape index (κ2) is 5.74. The molecule has 0 saturated carbocycles. The maximum absolute atomic E-state index is 11.7. The summed E-state index contributed by atoms with van der Waals surface area (Å²) in [5.74, 6) is -0.163. The monoisotopic (exact) mass is 261 g/mol. The summed E-state index contributed by atoms with van der Waals surface area (Å²) in [6.45, 7) is 4.47. The summed E-state index contributed by atoms with van der Waals surface area (Å²) < 4.78 is 4.85. The fraction of sp³-hybridized carbons (Fsp3) is 0.562. The molecular formula is C16H23NO2. The summed E-state index contributed by atoms with van der Waals surface area (Å²) in [6, 6.07) is 8.93. The summed E-state index contributed by atoms with van der Waals surface area (Å²) in [5.41, 5.74) is 2.33. The number of esters is 1. The van der Waals surface area contributed by atoms with Crippen LogP contribution < -0.4 is 5.32 Å². The van der Waals surface area contributed by atoms with Crippen molar-refractivity contribution < 1.29 is 9.53 Å². The van der Waals surface area contributed by atoms with Gasteiger partial charge in [0.05, 0.1) is 12.5 Å². The van der Waals surface area contributed by atoms with E-state index < -0.39 is 5.41 Å². The predicted octanol–water partition coefficient (Wildman–Crippen LogP) is 2.85. The van der Waals surface area contributed by atoms with Gasteiger partial charge in [0.1, 0.15) is 0 Å². The second-order valence-corrected chi connectivity index (χ2v) is 5.90. The minimum Gasteiger partial charge on any atom is -0.469 e. The molecule has 0 spiro atoms. The summed E-state index contributed by atoms with van der Waals surface area (Å²) in [7, 11) is 1.44. The summed E-state index contributed by atoms with van der Waals surface area (Å²) >= 11 is 0. The lowest BCUT2D eigenvalue weighted by atomic mass is 9.86. The van der Waals surface area contributed by atoms with Crippen molar-refractivity contribution in [1.82, 2.24) is 5.32 Å². The third-order valence-corrected chi connectivity index (χ3v) is 3.90. The van der Waals surface area contributed by atoms with Crippen LogP contribution in [0.15, 0.2) is 24.3 Å².